The molecule has 2 aromatic heterocycles. The second-order valence-corrected chi connectivity index (χ2v) is 6.28. The van der Waals surface area contributed by atoms with E-state index in [1.807, 2.05) is 0 Å². The summed E-state index contributed by atoms with van der Waals surface area (Å²) in [6.45, 7) is 2.57. The summed E-state index contributed by atoms with van der Waals surface area (Å²) < 4.78 is 23.7. The monoisotopic (exact) mass is 408 g/mol. The van der Waals surface area contributed by atoms with Crippen LogP contribution in [0.3, 0.4) is 0 Å². The van der Waals surface area contributed by atoms with Gasteiger partial charge in [-0.25, -0.2) is 15.0 Å². The number of carbonyl (C=O) groups excluding carboxylic acids is 2. The molecular weight excluding hydrogens is 392 g/mol. The number of aromatic nitrogens is 4. The topological polar surface area (TPSA) is 115 Å². The fourth-order valence-corrected chi connectivity index (χ4v) is 3.14. The van der Waals surface area contributed by atoms with Crippen molar-refractivity contribution < 1.29 is 28.5 Å². The van der Waals surface area contributed by atoms with Crippen molar-refractivity contribution in [2.45, 2.75) is 38.4 Å². The number of hydrogen-bond donors (Lipinski definition) is 0. The lowest BCUT2D eigenvalue weighted by Gasteiger charge is -2.23. The largest absolute Gasteiger partial charge is 0.456 e. The molecule has 0 radical (unpaired) electrons. The molecule has 4 atom stereocenters. The first-order valence-electron chi connectivity index (χ1n) is 8.26. The Bertz CT molecular complexity index is 926. The third-order valence-corrected chi connectivity index (χ3v) is 4.22. The van der Waals surface area contributed by atoms with Gasteiger partial charge in [-0.15, -0.1) is 6.42 Å². The van der Waals surface area contributed by atoms with Gasteiger partial charge < -0.3 is 18.9 Å². The molecule has 11 heteroatoms. The Morgan fingerprint density at radius 3 is 2.64 bits per heavy atom. The number of fused-ring (bicyclic) bond motifs is 1. The number of carbonyl (C=O) groups is 2. The predicted molar refractivity (Wildman–Crippen MR) is 95.0 cm³/mol. The van der Waals surface area contributed by atoms with Crippen LogP contribution >= 0.6 is 11.6 Å². The Hall–Kier alpha value is -2.74. The molecule has 1 unspecified atom stereocenters. The van der Waals surface area contributed by atoms with Gasteiger partial charge in [0.05, 0.1) is 12.9 Å². The van der Waals surface area contributed by atoms with Gasteiger partial charge in [-0.2, -0.15) is 0 Å². The van der Waals surface area contributed by atoms with E-state index < -0.39 is 36.5 Å². The van der Waals surface area contributed by atoms with Gasteiger partial charge in [-0.3, -0.25) is 14.2 Å². The number of nitrogens with zero attached hydrogens (tertiary/aromatic N) is 4. The third-order valence-electron chi connectivity index (χ3n) is 3.95. The van der Waals surface area contributed by atoms with E-state index >= 15 is 0 Å². The lowest BCUT2D eigenvalue weighted by Crippen LogP contribution is -2.40. The highest BCUT2D eigenvalue weighted by Gasteiger charge is 2.50. The van der Waals surface area contributed by atoms with Crippen molar-refractivity contribution in [3.63, 3.8) is 0 Å². The average molecular weight is 409 g/mol. The molecule has 0 aromatic carbocycles. The van der Waals surface area contributed by atoms with Crippen molar-refractivity contribution in [1.82, 2.24) is 19.5 Å². The number of hydrogen-bond acceptors (Lipinski definition) is 9. The normalized spacial score (nSPS) is 24.1. The zero-order chi connectivity index (χ0) is 20.3. The molecule has 0 N–H and O–H groups in total. The van der Waals surface area contributed by atoms with Crippen LogP contribution < -0.4 is 0 Å². The minimum atomic E-state index is -0.966. The van der Waals surface area contributed by atoms with Gasteiger partial charge >= 0.3 is 11.9 Å². The van der Waals surface area contributed by atoms with Crippen LogP contribution in [0.25, 0.3) is 11.2 Å². The van der Waals surface area contributed by atoms with Crippen LogP contribution in [0.2, 0.25) is 5.15 Å². The molecule has 28 heavy (non-hydrogen) atoms. The van der Waals surface area contributed by atoms with E-state index in [9.17, 15) is 9.59 Å². The fourth-order valence-electron chi connectivity index (χ4n) is 2.96. The summed E-state index contributed by atoms with van der Waals surface area (Å²) in [6.07, 6.45) is 4.40. The number of esters is 2. The van der Waals surface area contributed by atoms with Crippen molar-refractivity contribution >= 4 is 34.7 Å². The van der Waals surface area contributed by atoms with E-state index in [-0.39, 0.29) is 18.4 Å². The van der Waals surface area contributed by atoms with E-state index in [1.165, 1.54) is 31.1 Å². The maximum Gasteiger partial charge on any atom is 0.303 e. The van der Waals surface area contributed by atoms with E-state index in [1.54, 1.807) is 0 Å². The highest BCUT2D eigenvalue weighted by Crippen LogP contribution is 2.36. The molecule has 2 aromatic rings. The van der Waals surface area contributed by atoms with E-state index in [0.717, 1.165) is 0 Å². The number of rotatable bonds is 6. The lowest BCUT2D eigenvalue weighted by atomic mass is 10.1. The highest BCUT2D eigenvalue weighted by molar-refractivity contribution is 6.33. The second kappa shape index (κ2) is 8.52. The summed E-state index contributed by atoms with van der Waals surface area (Å²) in [6, 6.07) is 0. The smallest absolute Gasteiger partial charge is 0.303 e. The first-order chi connectivity index (χ1) is 13.4. The maximum atomic E-state index is 11.7. The van der Waals surface area contributed by atoms with Crippen LogP contribution in [0.5, 0.6) is 0 Å². The molecule has 3 rings (SSSR count). The minimum Gasteiger partial charge on any atom is -0.456 e. The van der Waals surface area contributed by atoms with Crippen molar-refractivity contribution in [2.75, 3.05) is 13.2 Å². The maximum absolute atomic E-state index is 11.7. The average Bonchev–Trinajstić information content (AvgIpc) is 3.18. The Labute approximate surface area is 165 Å². The Morgan fingerprint density at radius 2 is 1.96 bits per heavy atom. The van der Waals surface area contributed by atoms with Gasteiger partial charge in [0.2, 0.25) is 0 Å². The zero-order valence-corrected chi connectivity index (χ0v) is 15.8. The highest BCUT2D eigenvalue weighted by atomic mass is 35.5. The third kappa shape index (κ3) is 4.06. The zero-order valence-electron chi connectivity index (χ0n) is 15.1. The standard InChI is InChI=1S/C17H17ClN4O6/c1-4-5-25-6-11-13(26-9(2)23)14(27-10(3)24)17(28-11)22-8-21-12-15(18)19-7-20-16(12)22/h1,7-8,11,13-14,17H,5-6H2,2-3H3/t11?,13-,14-,17-/m1/s1. The molecule has 3 heterocycles. The molecule has 148 valence electrons. The summed E-state index contributed by atoms with van der Waals surface area (Å²) in [4.78, 5) is 35.5. The minimum absolute atomic E-state index is 0.0266. The number of ether oxygens (including phenoxy) is 4. The molecule has 1 fully saturated rings. The van der Waals surface area contributed by atoms with Crippen molar-refractivity contribution in [1.29, 1.82) is 0 Å². The van der Waals surface area contributed by atoms with Gasteiger partial charge in [0.15, 0.2) is 29.2 Å². The van der Waals surface area contributed by atoms with Crippen LogP contribution in [-0.2, 0) is 28.5 Å². The van der Waals surface area contributed by atoms with Crippen LogP contribution in [0.4, 0.5) is 0 Å². The van der Waals surface area contributed by atoms with Crippen LogP contribution in [0.15, 0.2) is 12.7 Å². The number of halogens is 1. The van der Waals surface area contributed by atoms with Gasteiger partial charge in [-0.1, -0.05) is 17.5 Å². The molecule has 10 nitrogen and oxygen atoms in total. The van der Waals surface area contributed by atoms with Gasteiger partial charge in [0.25, 0.3) is 0 Å². The Kier molecular flexibility index (Phi) is 6.08. The fraction of sp³-hybridized carbons (Fsp3) is 0.471. The van der Waals surface area contributed by atoms with E-state index in [2.05, 4.69) is 20.9 Å². The molecule has 0 spiro atoms. The molecule has 1 aliphatic heterocycles. The number of imidazole rings is 1. The number of terminal acetylenes is 1. The molecule has 0 amide bonds. The van der Waals surface area contributed by atoms with Gasteiger partial charge in [0, 0.05) is 13.8 Å². The van der Waals surface area contributed by atoms with E-state index in [4.69, 9.17) is 37.0 Å². The van der Waals surface area contributed by atoms with Crippen molar-refractivity contribution in [3.05, 3.63) is 17.8 Å². The summed E-state index contributed by atoms with van der Waals surface area (Å²) in [5.41, 5.74) is 0.722. The first-order valence-corrected chi connectivity index (χ1v) is 8.64. The lowest BCUT2D eigenvalue weighted by molar-refractivity contribution is -0.165. The molecule has 0 bridgehead atoms. The molecular formula is C17H17ClN4O6. The van der Waals surface area contributed by atoms with Gasteiger partial charge in [-0.05, 0) is 0 Å². The van der Waals surface area contributed by atoms with Crippen LogP contribution in [0.1, 0.15) is 20.1 Å². The summed E-state index contributed by atoms with van der Waals surface area (Å²) in [7, 11) is 0. The quantitative estimate of drug-likeness (QED) is 0.297. The first kappa shape index (κ1) is 20.0. The molecule has 1 aliphatic rings. The second-order valence-electron chi connectivity index (χ2n) is 5.92. The summed E-state index contributed by atoms with van der Waals surface area (Å²) in [5.74, 6) is 1.21. The predicted octanol–water partition coefficient (Wildman–Crippen LogP) is 0.890. The Balaban J connectivity index is 1.99. The van der Waals surface area contributed by atoms with E-state index in [0.29, 0.717) is 11.2 Å². The summed E-state index contributed by atoms with van der Waals surface area (Å²) in [5, 5.41) is 0.163. The molecule has 0 aliphatic carbocycles. The van der Waals surface area contributed by atoms with Crippen molar-refractivity contribution in [2.24, 2.45) is 0 Å². The molecule has 1 saturated heterocycles. The van der Waals surface area contributed by atoms with Crippen LogP contribution in [0, 0.1) is 12.3 Å². The Morgan fingerprint density at radius 1 is 1.25 bits per heavy atom. The van der Waals surface area contributed by atoms with Crippen LogP contribution in [-0.4, -0.2) is 63.0 Å². The summed E-state index contributed by atoms with van der Waals surface area (Å²) >= 11 is 6.05. The SMILES string of the molecule is C#CCOCC1O[C@@H](n2cnc3c(Cl)ncnc32)[C@H](OC(C)=O)[C@@H]1OC(C)=O. The molecule has 0 saturated carbocycles. The van der Waals surface area contributed by atoms with Crippen molar-refractivity contribution in [3.8, 4) is 12.3 Å². The van der Waals surface area contributed by atoms with Gasteiger partial charge in [0.1, 0.15) is 24.6 Å².